The van der Waals surface area contributed by atoms with Crippen LogP contribution in [0.4, 0.5) is 17.1 Å². The molecule has 0 amide bonds. The van der Waals surface area contributed by atoms with E-state index in [1.807, 2.05) is 0 Å². The van der Waals surface area contributed by atoms with E-state index in [0.29, 0.717) is 10.7 Å². The molecular formula is C20H19Cl2N7O4. The zero-order valence-electron chi connectivity index (χ0n) is 18.1. The number of nitrogens with zero attached hydrogens (tertiary/aromatic N) is 7. The number of anilines is 1. The zero-order chi connectivity index (χ0) is 24.4. The largest absolute Gasteiger partial charge is 0.322 e. The molecule has 0 aliphatic heterocycles. The summed E-state index contributed by atoms with van der Waals surface area (Å²) in [5.74, 6) is 0. The van der Waals surface area contributed by atoms with E-state index in [9.17, 15) is 20.2 Å². The normalized spacial score (nSPS) is 11.6. The van der Waals surface area contributed by atoms with E-state index in [-0.39, 0.29) is 39.2 Å². The van der Waals surface area contributed by atoms with Gasteiger partial charge in [-0.25, -0.2) is 0 Å². The van der Waals surface area contributed by atoms with Gasteiger partial charge in [0.1, 0.15) is 22.8 Å². The van der Waals surface area contributed by atoms with Crippen LogP contribution in [0.25, 0.3) is 12.2 Å². The van der Waals surface area contributed by atoms with E-state index in [1.54, 1.807) is 51.0 Å². The lowest BCUT2D eigenvalue weighted by atomic mass is 10.2. The molecule has 0 N–H and O–H groups in total. The molecule has 0 bridgehead atoms. The standard InChI is InChI=1S/C20H19Cl2N7O4/c1-12-19(28(30)31)16(25(3)23-12)8-10-27(15-7-5-6-14(21)18(15)22)11-9-17-20(29(32)33)13(2)24-26(17)4/h5-11H,1-4H3/b10-8+,11-9+. The summed E-state index contributed by atoms with van der Waals surface area (Å²) in [7, 11) is 3.18. The SMILES string of the molecule is Cc1nn(C)c(/C=C/N(/C=C/c2c([N+](=O)[O-])c(C)nn2C)c2cccc(Cl)c2Cl)c1[N+](=O)[O-]. The molecule has 3 rings (SSSR count). The molecule has 2 heterocycles. The molecule has 0 unspecified atom stereocenters. The van der Waals surface area contributed by atoms with Crippen LogP contribution in [-0.2, 0) is 14.1 Å². The van der Waals surface area contributed by atoms with Gasteiger partial charge in [-0.3, -0.25) is 29.6 Å². The van der Waals surface area contributed by atoms with Crippen molar-refractivity contribution in [1.82, 2.24) is 19.6 Å². The minimum atomic E-state index is -0.504. The summed E-state index contributed by atoms with van der Waals surface area (Å²) < 4.78 is 2.78. The Kier molecular flexibility index (Phi) is 6.84. The predicted octanol–water partition coefficient (Wildman–Crippen LogP) is 5.04. The summed E-state index contributed by atoms with van der Waals surface area (Å²) in [5, 5.41) is 31.7. The topological polar surface area (TPSA) is 125 Å². The molecule has 0 atom stereocenters. The quantitative estimate of drug-likeness (QED) is 0.334. The highest BCUT2D eigenvalue weighted by molar-refractivity contribution is 6.43. The Bertz CT molecular complexity index is 1240. The molecule has 0 aliphatic rings. The Labute approximate surface area is 198 Å². The predicted molar refractivity (Wildman–Crippen MR) is 126 cm³/mol. The van der Waals surface area contributed by atoms with Crippen LogP contribution >= 0.6 is 23.2 Å². The van der Waals surface area contributed by atoms with Crippen molar-refractivity contribution in [3.63, 3.8) is 0 Å². The minimum absolute atomic E-state index is 0.132. The molecule has 13 heteroatoms. The molecule has 0 spiro atoms. The minimum Gasteiger partial charge on any atom is -0.322 e. The number of aromatic nitrogens is 4. The molecular weight excluding hydrogens is 473 g/mol. The van der Waals surface area contributed by atoms with Crippen molar-refractivity contribution < 1.29 is 9.85 Å². The second-order valence-electron chi connectivity index (χ2n) is 7.01. The maximum Gasteiger partial charge on any atom is 0.317 e. The van der Waals surface area contributed by atoms with Gasteiger partial charge in [0.2, 0.25) is 0 Å². The summed E-state index contributed by atoms with van der Waals surface area (Å²) in [6, 6.07) is 4.99. The summed E-state index contributed by atoms with van der Waals surface area (Å²) in [6.45, 7) is 3.09. The monoisotopic (exact) mass is 491 g/mol. The van der Waals surface area contributed by atoms with E-state index in [2.05, 4.69) is 10.2 Å². The van der Waals surface area contributed by atoms with Crippen molar-refractivity contribution in [1.29, 1.82) is 0 Å². The second kappa shape index (κ2) is 9.43. The lowest BCUT2D eigenvalue weighted by Gasteiger charge is -2.18. The smallest absolute Gasteiger partial charge is 0.317 e. The van der Waals surface area contributed by atoms with E-state index in [4.69, 9.17) is 23.2 Å². The van der Waals surface area contributed by atoms with E-state index < -0.39 is 9.85 Å². The number of hydrogen-bond acceptors (Lipinski definition) is 7. The molecule has 3 aromatic rings. The third-order valence-electron chi connectivity index (χ3n) is 4.83. The van der Waals surface area contributed by atoms with Gasteiger partial charge in [-0.1, -0.05) is 29.3 Å². The molecule has 0 radical (unpaired) electrons. The Morgan fingerprint density at radius 3 is 1.79 bits per heavy atom. The fourth-order valence-electron chi connectivity index (χ4n) is 3.36. The van der Waals surface area contributed by atoms with Crippen molar-refractivity contribution in [2.24, 2.45) is 14.1 Å². The van der Waals surface area contributed by atoms with Crippen molar-refractivity contribution >= 4 is 52.4 Å². The lowest BCUT2D eigenvalue weighted by Crippen LogP contribution is -2.08. The highest BCUT2D eigenvalue weighted by atomic mass is 35.5. The summed E-state index contributed by atoms with van der Waals surface area (Å²) >= 11 is 12.6. The Morgan fingerprint density at radius 2 is 1.36 bits per heavy atom. The number of nitro groups is 2. The zero-order valence-corrected chi connectivity index (χ0v) is 19.6. The average molecular weight is 492 g/mol. The third-order valence-corrected chi connectivity index (χ3v) is 5.64. The first-order valence-electron chi connectivity index (χ1n) is 9.47. The average Bonchev–Trinajstić information content (AvgIpc) is 3.18. The maximum absolute atomic E-state index is 11.5. The summed E-state index contributed by atoms with van der Waals surface area (Å²) in [5.41, 5.74) is 1.25. The van der Waals surface area contributed by atoms with Crippen molar-refractivity contribution in [3.8, 4) is 0 Å². The van der Waals surface area contributed by atoms with Crippen LogP contribution in [0, 0.1) is 34.1 Å². The molecule has 11 nitrogen and oxygen atoms in total. The van der Waals surface area contributed by atoms with Crippen LogP contribution in [0.3, 0.4) is 0 Å². The molecule has 0 saturated heterocycles. The van der Waals surface area contributed by atoms with E-state index in [0.717, 1.165) is 0 Å². The Balaban J connectivity index is 2.13. The van der Waals surface area contributed by atoms with Crippen LogP contribution in [0.15, 0.2) is 30.6 Å². The first kappa shape index (κ1) is 24.0. The van der Waals surface area contributed by atoms with Gasteiger partial charge in [0.15, 0.2) is 0 Å². The van der Waals surface area contributed by atoms with E-state index in [1.165, 1.54) is 33.9 Å². The molecule has 172 valence electrons. The highest BCUT2D eigenvalue weighted by Gasteiger charge is 2.23. The number of benzene rings is 1. The van der Waals surface area contributed by atoms with Gasteiger partial charge in [-0.05, 0) is 38.1 Å². The third kappa shape index (κ3) is 4.73. The van der Waals surface area contributed by atoms with E-state index >= 15 is 0 Å². The Morgan fingerprint density at radius 1 is 0.909 bits per heavy atom. The molecule has 1 aromatic carbocycles. The van der Waals surface area contributed by atoms with Gasteiger partial charge in [-0.2, -0.15) is 10.2 Å². The van der Waals surface area contributed by atoms with Gasteiger partial charge < -0.3 is 4.90 Å². The number of halogens is 2. The van der Waals surface area contributed by atoms with Crippen molar-refractivity contribution in [2.45, 2.75) is 13.8 Å². The summed E-state index contributed by atoms with van der Waals surface area (Å²) in [6.07, 6.45) is 6.07. The number of aryl methyl sites for hydroxylation is 4. The van der Waals surface area contributed by atoms with Gasteiger partial charge in [0.05, 0.1) is 25.6 Å². The molecule has 0 saturated carbocycles. The molecule has 2 aromatic heterocycles. The second-order valence-corrected chi connectivity index (χ2v) is 7.80. The van der Waals surface area contributed by atoms with Crippen LogP contribution in [0.2, 0.25) is 10.0 Å². The Hall–Kier alpha value is -3.70. The lowest BCUT2D eigenvalue weighted by molar-refractivity contribution is -0.385. The first-order chi connectivity index (χ1) is 15.5. The number of rotatable bonds is 7. The van der Waals surface area contributed by atoms with Gasteiger partial charge in [0.25, 0.3) is 0 Å². The fraction of sp³-hybridized carbons (Fsp3) is 0.200. The maximum atomic E-state index is 11.5. The van der Waals surface area contributed by atoms with Crippen molar-refractivity contribution in [3.05, 3.63) is 83.6 Å². The van der Waals surface area contributed by atoms with Gasteiger partial charge >= 0.3 is 11.4 Å². The number of hydrogen-bond donors (Lipinski definition) is 0. The van der Waals surface area contributed by atoms with Crippen LogP contribution < -0.4 is 4.90 Å². The van der Waals surface area contributed by atoms with Crippen LogP contribution in [-0.4, -0.2) is 29.4 Å². The fourth-order valence-corrected chi connectivity index (χ4v) is 3.75. The molecule has 0 fully saturated rings. The summed E-state index contributed by atoms with van der Waals surface area (Å²) in [4.78, 5) is 23.5. The van der Waals surface area contributed by atoms with Gasteiger partial charge in [0, 0.05) is 26.5 Å². The van der Waals surface area contributed by atoms with Gasteiger partial charge in [-0.15, -0.1) is 0 Å². The molecule has 0 aliphatic carbocycles. The first-order valence-corrected chi connectivity index (χ1v) is 10.2. The molecule has 33 heavy (non-hydrogen) atoms. The van der Waals surface area contributed by atoms with Crippen molar-refractivity contribution in [2.75, 3.05) is 4.90 Å². The highest BCUT2D eigenvalue weighted by Crippen LogP contribution is 2.34. The van der Waals surface area contributed by atoms with Crippen LogP contribution in [0.5, 0.6) is 0 Å². The van der Waals surface area contributed by atoms with Crippen LogP contribution in [0.1, 0.15) is 22.8 Å².